The van der Waals surface area contributed by atoms with Crippen molar-refractivity contribution in [2.45, 2.75) is 0 Å². The van der Waals surface area contributed by atoms with Crippen molar-refractivity contribution < 1.29 is 4.79 Å². The third-order valence-corrected chi connectivity index (χ3v) is 1.02. The molecule has 0 aromatic rings. The Morgan fingerprint density at radius 1 is 1.60 bits per heavy atom. The smallest absolute Gasteiger partial charge is 0.245 e. The number of nitrogens with two attached hydrogens (primary N) is 1. The fraction of sp³-hybridized carbons (Fsp3) is 0.500. The molecule has 0 unspecified atom stereocenters. The second-order valence-electron chi connectivity index (χ2n) is 2.08. The first-order valence-corrected chi connectivity index (χ1v) is 2.94. The van der Waals surface area contributed by atoms with Gasteiger partial charge in [0.15, 0.2) is 0 Å². The standard InChI is InChI=1S/C6H13N3O/c1-8-6(9(2)3)4-5(7)10/h4,8H,1-3H3,(H2,7,10)/b6-4+. The van der Waals surface area contributed by atoms with Crippen LogP contribution < -0.4 is 11.1 Å². The van der Waals surface area contributed by atoms with E-state index in [0.29, 0.717) is 5.82 Å². The second-order valence-corrected chi connectivity index (χ2v) is 2.08. The maximum Gasteiger partial charge on any atom is 0.245 e. The Bertz CT molecular complexity index is 151. The van der Waals surface area contributed by atoms with Gasteiger partial charge in [-0.3, -0.25) is 4.79 Å². The van der Waals surface area contributed by atoms with Gasteiger partial charge >= 0.3 is 0 Å². The molecule has 0 atom stereocenters. The summed E-state index contributed by atoms with van der Waals surface area (Å²) in [5.41, 5.74) is 4.92. The van der Waals surface area contributed by atoms with Gasteiger partial charge < -0.3 is 16.0 Å². The summed E-state index contributed by atoms with van der Waals surface area (Å²) in [6.45, 7) is 0. The van der Waals surface area contributed by atoms with E-state index < -0.39 is 5.91 Å². The van der Waals surface area contributed by atoms with E-state index in [-0.39, 0.29) is 0 Å². The summed E-state index contributed by atoms with van der Waals surface area (Å²) in [4.78, 5) is 12.1. The summed E-state index contributed by atoms with van der Waals surface area (Å²) in [6.07, 6.45) is 1.33. The molecule has 0 aliphatic heterocycles. The number of carbonyl (C=O) groups excluding carboxylic acids is 1. The Labute approximate surface area is 60.7 Å². The van der Waals surface area contributed by atoms with Gasteiger partial charge in [0.25, 0.3) is 0 Å². The zero-order valence-electron chi connectivity index (χ0n) is 6.51. The monoisotopic (exact) mass is 143 g/mol. The fourth-order valence-electron chi connectivity index (χ4n) is 0.560. The Hall–Kier alpha value is -1.19. The minimum atomic E-state index is -0.446. The number of primary amides is 1. The predicted octanol–water partition coefficient (Wildman–Crippen LogP) is -0.906. The van der Waals surface area contributed by atoms with Gasteiger partial charge in [-0.05, 0) is 0 Å². The minimum absolute atomic E-state index is 0.446. The van der Waals surface area contributed by atoms with Gasteiger partial charge in [0, 0.05) is 27.2 Å². The number of hydrogen-bond donors (Lipinski definition) is 2. The molecule has 0 saturated carbocycles. The summed E-state index contributed by atoms with van der Waals surface area (Å²) >= 11 is 0. The second kappa shape index (κ2) is 3.76. The lowest BCUT2D eigenvalue weighted by atomic mass is 10.5. The Morgan fingerprint density at radius 2 is 2.10 bits per heavy atom. The zero-order chi connectivity index (χ0) is 8.15. The molecule has 1 amide bonds. The third kappa shape index (κ3) is 2.96. The van der Waals surface area contributed by atoms with Crippen LogP contribution in [0.3, 0.4) is 0 Å². The molecule has 3 N–H and O–H groups in total. The SMILES string of the molecule is CN/C(=C\C(N)=O)N(C)C. The molecule has 0 bridgehead atoms. The van der Waals surface area contributed by atoms with Crippen LogP contribution in [0.25, 0.3) is 0 Å². The Morgan fingerprint density at radius 3 is 2.20 bits per heavy atom. The Kier molecular flexibility index (Phi) is 3.32. The zero-order valence-corrected chi connectivity index (χ0v) is 6.51. The van der Waals surface area contributed by atoms with Crippen molar-refractivity contribution in [2.24, 2.45) is 5.73 Å². The van der Waals surface area contributed by atoms with Crippen LogP contribution in [0.1, 0.15) is 0 Å². The number of carbonyl (C=O) groups is 1. The molecule has 4 nitrogen and oxygen atoms in total. The largest absolute Gasteiger partial charge is 0.375 e. The highest BCUT2D eigenvalue weighted by atomic mass is 16.1. The summed E-state index contributed by atoms with van der Waals surface area (Å²) in [6, 6.07) is 0. The van der Waals surface area contributed by atoms with E-state index in [1.54, 1.807) is 11.9 Å². The van der Waals surface area contributed by atoms with Crippen molar-refractivity contribution in [3.63, 3.8) is 0 Å². The highest BCUT2D eigenvalue weighted by molar-refractivity contribution is 5.86. The third-order valence-electron chi connectivity index (χ3n) is 1.02. The van der Waals surface area contributed by atoms with E-state index in [2.05, 4.69) is 5.32 Å². The average Bonchev–Trinajstić information content (AvgIpc) is 1.81. The van der Waals surface area contributed by atoms with Gasteiger partial charge in [0.1, 0.15) is 5.82 Å². The molecule has 0 aromatic heterocycles. The molecule has 4 heteroatoms. The van der Waals surface area contributed by atoms with E-state index in [1.165, 1.54) is 6.08 Å². The lowest BCUT2D eigenvalue weighted by Gasteiger charge is -2.15. The first-order valence-electron chi connectivity index (χ1n) is 2.94. The molecular weight excluding hydrogens is 130 g/mol. The topological polar surface area (TPSA) is 58.4 Å². The van der Waals surface area contributed by atoms with Gasteiger partial charge in [-0.15, -0.1) is 0 Å². The number of amides is 1. The fourth-order valence-corrected chi connectivity index (χ4v) is 0.560. The van der Waals surface area contributed by atoms with Crippen molar-refractivity contribution >= 4 is 5.91 Å². The van der Waals surface area contributed by atoms with Crippen LogP contribution in [0.4, 0.5) is 0 Å². The average molecular weight is 143 g/mol. The molecule has 0 aromatic carbocycles. The van der Waals surface area contributed by atoms with Crippen LogP contribution in [-0.4, -0.2) is 32.0 Å². The number of hydrogen-bond acceptors (Lipinski definition) is 3. The van der Waals surface area contributed by atoms with Crippen LogP contribution in [0, 0.1) is 0 Å². The minimum Gasteiger partial charge on any atom is -0.375 e. The van der Waals surface area contributed by atoms with Crippen LogP contribution in [0.2, 0.25) is 0 Å². The number of nitrogens with zero attached hydrogens (tertiary/aromatic N) is 1. The van der Waals surface area contributed by atoms with E-state index in [4.69, 9.17) is 5.73 Å². The normalized spacial score (nSPS) is 10.9. The molecule has 0 saturated heterocycles. The first-order chi connectivity index (χ1) is 4.57. The maximum absolute atomic E-state index is 10.4. The van der Waals surface area contributed by atoms with Gasteiger partial charge in [0.05, 0.1) is 0 Å². The highest BCUT2D eigenvalue weighted by Gasteiger charge is 1.96. The molecule has 0 fully saturated rings. The van der Waals surface area contributed by atoms with E-state index in [1.807, 2.05) is 14.1 Å². The highest BCUT2D eigenvalue weighted by Crippen LogP contribution is 1.89. The molecule has 58 valence electrons. The number of rotatable bonds is 3. The van der Waals surface area contributed by atoms with Gasteiger partial charge in [-0.25, -0.2) is 0 Å². The van der Waals surface area contributed by atoms with E-state index in [9.17, 15) is 4.79 Å². The Balaban J connectivity index is 4.18. The quantitative estimate of drug-likeness (QED) is 0.503. The molecule has 0 aliphatic rings. The summed E-state index contributed by atoms with van der Waals surface area (Å²) in [7, 11) is 5.38. The molecule has 0 radical (unpaired) electrons. The van der Waals surface area contributed by atoms with Crippen molar-refractivity contribution in [3.05, 3.63) is 11.9 Å². The molecule has 10 heavy (non-hydrogen) atoms. The van der Waals surface area contributed by atoms with E-state index in [0.717, 1.165) is 0 Å². The molecule has 0 spiro atoms. The van der Waals surface area contributed by atoms with Gasteiger partial charge in [-0.2, -0.15) is 0 Å². The summed E-state index contributed by atoms with van der Waals surface area (Å²) < 4.78 is 0. The van der Waals surface area contributed by atoms with Crippen LogP contribution in [-0.2, 0) is 4.79 Å². The number of nitrogens with one attached hydrogen (secondary N) is 1. The molecule has 0 rings (SSSR count). The van der Waals surface area contributed by atoms with Crippen molar-refractivity contribution in [3.8, 4) is 0 Å². The van der Waals surface area contributed by atoms with Crippen LogP contribution in [0.5, 0.6) is 0 Å². The van der Waals surface area contributed by atoms with Crippen molar-refractivity contribution in [1.29, 1.82) is 0 Å². The molecule has 0 aliphatic carbocycles. The summed E-state index contributed by atoms with van der Waals surface area (Å²) in [5, 5.41) is 2.82. The van der Waals surface area contributed by atoms with Crippen LogP contribution in [0.15, 0.2) is 11.9 Å². The molecular formula is C6H13N3O. The van der Waals surface area contributed by atoms with Gasteiger partial charge in [0.2, 0.25) is 5.91 Å². The maximum atomic E-state index is 10.4. The lowest BCUT2D eigenvalue weighted by Crippen LogP contribution is -2.24. The molecule has 0 heterocycles. The van der Waals surface area contributed by atoms with E-state index >= 15 is 0 Å². The first kappa shape index (κ1) is 8.81. The summed E-state index contributed by atoms with van der Waals surface area (Å²) in [5.74, 6) is 0.255. The lowest BCUT2D eigenvalue weighted by molar-refractivity contribution is -0.113. The van der Waals surface area contributed by atoms with Gasteiger partial charge in [-0.1, -0.05) is 0 Å². The van der Waals surface area contributed by atoms with Crippen molar-refractivity contribution in [2.75, 3.05) is 21.1 Å². The van der Waals surface area contributed by atoms with Crippen LogP contribution >= 0.6 is 0 Å². The van der Waals surface area contributed by atoms with Crippen molar-refractivity contribution in [1.82, 2.24) is 10.2 Å². The predicted molar refractivity (Wildman–Crippen MR) is 40.0 cm³/mol.